The Morgan fingerprint density at radius 2 is 1.94 bits per heavy atom. The Bertz CT molecular complexity index is 1210. The minimum absolute atomic E-state index is 0.0394. The smallest absolute Gasteiger partial charge is 0.417 e. The van der Waals surface area contributed by atoms with Crippen LogP contribution in [0, 0.1) is 11.3 Å². The number of benzene rings is 2. The van der Waals surface area contributed by atoms with Gasteiger partial charge in [-0.25, -0.2) is 0 Å². The van der Waals surface area contributed by atoms with Crippen LogP contribution >= 0.6 is 12.2 Å². The van der Waals surface area contributed by atoms with Crippen molar-refractivity contribution in [2.75, 3.05) is 16.4 Å². The number of ether oxygens (including phenoxy) is 1. The van der Waals surface area contributed by atoms with Crippen molar-refractivity contribution in [2.24, 2.45) is 0 Å². The zero-order valence-corrected chi connectivity index (χ0v) is 19.3. The zero-order chi connectivity index (χ0) is 24.8. The molecule has 0 aromatic heterocycles. The molecule has 0 radical (unpaired) electrons. The summed E-state index contributed by atoms with van der Waals surface area (Å²) in [7, 11) is 0. The largest absolute Gasteiger partial charge is 0.490 e. The van der Waals surface area contributed by atoms with Gasteiger partial charge < -0.3 is 14.7 Å². The van der Waals surface area contributed by atoms with Gasteiger partial charge in [0.2, 0.25) is 0 Å². The summed E-state index contributed by atoms with van der Waals surface area (Å²) in [5.41, 5.74) is -1.31. The topological polar surface area (TPSA) is 76.8 Å². The van der Waals surface area contributed by atoms with Gasteiger partial charge in [-0.1, -0.05) is 0 Å². The minimum atomic E-state index is -4.76. The van der Waals surface area contributed by atoms with Crippen LogP contribution in [-0.2, 0) is 17.4 Å². The van der Waals surface area contributed by atoms with E-state index in [1.165, 1.54) is 6.07 Å². The fraction of sp³-hybridized carbons (Fsp3) is 0.375. The number of amides is 1. The van der Waals surface area contributed by atoms with Crippen LogP contribution in [0.5, 0.6) is 5.75 Å². The summed E-state index contributed by atoms with van der Waals surface area (Å²) >= 11 is 5.58. The highest BCUT2D eigenvalue weighted by atomic mass is 32.1. The number of rotatable bonds is 4. The first kappa shape index (κ1) is 24.0. The van der Waals surface area contributed by atoms with Crippen LogP contribution in [0.1, 0.15) is 43.4 Å². The molecular weight excluding hydrogens is 467 g/mol. The highest BCUT2D eigenvalue weighted by molar-refractivity contribution is 7.81. The van der Waals surface area contributed by atoms with Gasteiger partial charge >= 0.3 is 6.18 Å². The van der Waals surface area contributed by atoms with Gasteiger partial charge in [0, 0.05) is 18.7 Å². The van der Waals surface area contributed by atoms with Gasteiger partial charge in [0.25, 0.3) is 5.91 Å². The lowest BCUT2D eigenvalue weighted by Crippen LogP contribution is -2.44. The average molecular weight is 490 g/mol. The summed E-state index contributed by atoms with van der Waals surface area (Å²) in [6.07, 6.45) is -2.83. The first-order chi connectivity index (χ1) is 16.0. The SMILES string of the molecule is CC1(C)C(=O)N(c2ccc(C#N)c(C(F)(F)F)c2)C(=S)N1c1ccc2c(c1)CC[C@H](CCO)O2. The van der Waals surface area contributed by atoms with E-state index in [-0.39, 0.29) is 23.5 Å². The van der Waals surface area contributed by atoms with E-state index in [4.69, 9.17) is 27.3 Å². The molecule has 0 aliphatic carbocycles. The summed E-state index contributed by atoms with van der Waals surface area (Å²) in [5.74, 6) is 0.216. The lowest BCUT2D eigenvalue weighted by atomic mass is 9.98. The molecule has 34 heavy (non-hydrogen) atoms. The summed E-state index contributed by atoms with van der Waals surface area (Å²) in [6.45, 7) is 3.35. The lowest BCUT2D eigenvalue weighted by Gasteiger charge is -2.31. The van der Waals surface area contributed by atoms with Crippen molar-refractivity contribution < 1.29 is 27.8 Å². The van der Waals surface area contributed by atoms with Crippen molar-refractivity contribution in [3.05, 3.63) is 53.1 Å². The van der Waals surface area contributed by atoms with E-state index in [1.807, 2.05) is 6.07 Å². The molecular formula is C24H22F3N3O3S. The molecule has 1 atom stereocenters. The predicted molar refractivity (Wildman–Crippen MR) is 124 cm³/mol. The van der Waals surface area contributed by atoms with Gasteiger partial charge in [0.15, 0.2) is 5.11 Å². The maximum atomic E-state index is 13.5. The number of fused-ring (bicyclic) bond motifs is 1. The second kappa shape index (κ2) is 8.56. The highest BCUT2D eigenvalue weighted by Gasteiger charge is 2.51. The zero-order valence-electron chi connectivity index (χ0n) is 18.5. The fourth-order valence-corrected chi connectivity index (χ4v) is 4.90. The molecule has 0 saturated carbocycles. The third-order valence-corrected chi connectivity index (χ3v) is 6.50. The van der Waals surface area contributed by atoms with Crippen molar-refractivity contribution in [3.63, 3.8) is 0 Å². The molecule has 1 saturated heterocycles. The Hall–Kier alpha value is -3.16. The Morgan fingerprint density at radius 3 is 2.59 bits per heavy atom. The van der Waals surface area contributed by atoms with Crippen LogP contribution in [-0.4, -0.2) is 34.4 Å². The maximum Gasteiger partial charge on any atom is 0.417 e. The number of alkyl halides is 3. The Labute approximate surface area is 200 Å². The van der Waals surface area contributed by atoms with E-state index < -0.39 is 28.7 Å². The number of carbonyl (C=O) groups is 1. The van der Waals surface area contributed by atoms with E-state index in [2.05, 4.69) is 0 Å². The summed E-state index contributed by atoms with van der Waals surface area (Å²) in [5, 5.41) is 18.3. The second-order valence-electron chi connectivity index (χ2n) is 8.74. The normalized spacial score (nSPS) is 19.6. The van der Waals surface area contributed by atoms with Crippen molar-refractivity contribution >= 4 is 34.6 Å². The lowest BCUT2D eigenvalue weighted by molar-refractivity contribution is -0.137. The van der Waals surface area contributed by atoms with E-state index >= 15 is 0 Å². The van der Waals surface area contributed by atoms with Crippen LogP contribution in [0.3, 0.4) is 0 Å². The number of carbonyl (C=O) groups excluding carboxylic acids is 1. The van der Waals surface area contributed by atoms with E-state index in [0.717, 1.165) is 35.4 Å². The van der Waals surface area contributed by atoms with Crippen molar-refractivity contribution in [3.8, 4) is 11.8 Å². The third kappa shape index (κ3) is 3.99. The maximum absolute atomic E-state index is 13.5. The molecule has 2 aromatic carbocycles. The Balaban J connectivity index is 1.71. The highest BCUT2D eigenvalue weighted by Crippen LogP contribution is 2.41. The first-order valence-corrected chi connectivity index (χ1v) is 11.1. The number of aliphatic hydroxyl groups is 1. The number of hydrogen-bond donors (Lipinski definition) is 1. The van der Waals surface area contributed by atoms with Crippen LogP contribution in [0.15, 0.2) is 36.4 Å². The predicted octanol–water partition coefficient (Wildman–Crippen LogP) is 4.57. The van der Waals surface area contributed by atoms with Crippen LogP contribution < -0.4 is 14.5 Å². The van der Waals surface area contributed by atoms with Gasteiger partial charge in [-0.3, -0.25) is 9.69 Å². The summed E-state index contributed by atoms with van der Waals surface area (Å²) in [6, 6.07) is 10.1. The van der Waals surface area contributed by atoms with Gasteiger partial charge in [-0.05, 0) is 80.9 Å². The molecule has 0 bridgehead atoms. The number of nitrogens with zero attached hydrogens (tertiary/aromatic N) is 3. The quantitative estimate of drug-likeness (QED) is 0.634. The molecule has 1 N–H and O–H groups in total. The average Bonchev–Trinajstić information content (AvgIpc) is 2.96. The Morgan fingerprint density at radius 1 is 1.24 bits per heavy atom. The van der Waals surface area contributed by atoms with Gasteiger partial charge in [-0.15, -0.1) is 0 Å². The third-order valence-electron chi connectivity index (χ3n) is 6.14. The van der Waals surface area contributed by atoms with E-state index in [9.17, 15) is 18.0 Å². The van der Waals surface area contributed by atoms with Crippen LogP contribution in [0.25, 0.3) is 0 Å². The molecule has 178 valence electrons. The molecule has 2 aliphatic rings. The number of hydrogen-bond acceptors (Lipinski definition) is 5. The monoisotopic (exact) mass is 489 g/mol. The number of anilines is 2. The number of nitriles is 1. The summed E-state index contributed by atoms with van der Waals surface area (Å²) in [4.78, 5) is 16.0. The molecule has 10 heteroatoms. The van der Waals surface area contributed by atoms with Crippen molar-refractivity contribution in [2.45, 2.75) is 50.9 Å². The van der Waals surface area contributed by atoms with Gasteiger partial charge in [-0.2, -0.15) is 18.4 Å². The standard InChI is InChI=1S/C24H22F3N3O3S/c1-23(2)21(32)29(16-5-3-15(13-28)19(12-16)24(25,26)27)22(34)30(23)17-6-8-20-14(11-17)4-7-18(33-20)9-10-31/h3,5-6,8,11-12,18,31H,4,7,9-10H2,1-2H3/t18-/m1/s1. The summed E-state index contributed by atoms with van der Waals surface area (Å²) < 4.78 is 46.4. The molecule has 2 aliphatic heterocycles. The molecule has 0 spiro atoms. The van der Waals surface area contributed by atoms with Gasteiger partial charge in [0.1, 0.15) is 17.4 Å². The van der Waals surface area contributed by atoms with Crippen molar-refractivity contribution in [1.29, 1.82) is 5.26 Å². The van der Waals surface area contributed by atoms with E-state index in [0.29, 0.717) is 17.9 Å². The van der Waals surface area contributed by atoms with Crippen LogP contribution in [0.2, 0.25) is 0 Å². The molecule has 1 amide bonds. The molecule has 4 rings (SSSR count). The molecule has 0 unspecified atom stereocenters. The van der Waals surface area contributed by atoms with Crippen molar-refractivity contribution in [1.82, 2.24) is 0 Å². The number of halogens is 3. The van der Waals surface area contributed by atoms with Crippen LogP contribution in [0.4, 0.5) is 24.5 Å². The molecule has 2 heterocycles. The molecule has 6 nitrogen and oxygen atoms in total. The number of aliphatic hydroxyl groups excluding tert-OH is 1. The molecule has 2 aromatic rings. The second-order valence-corrected chi connectivity index (χ2v) is 9.11. The minimum Gasteiger partial charge on any atom is -0.490 e. The Kier molecular flexibility index (Phi) is 6.04. The van der Waals surface area contributed by atoms with E-state index in [1.54, 1.807) is 36.9 Å². The number of thiocarbonyl (C=S) groups is 1. The fourth-order valence-electron chi connectivity index (χ4n) is 4.38. The van der Waals surface area contributed by atoms with Gasteiger partial charge in [0.05, 0.1) is 22.9 Å². The number of aryl methyl sites for hydroxylation is 1. The molecule has 1 fully saturated rings. The first-order valence-electron chi connectivity index (χ1n) is 10.7.